The zero-order valence-corrected chi connectivity index (χ0v) is 26.4. The van der Waals surface area contributed by atoms with Crippen molar-refractivity contribution in [1.82, 2.24) is 19.6 Å². The number of rotatable bonds is 12. The highest BCUT2D eigenvalue weighted by molar-refractivity contribution is 7.89. The van der Waals surface area contributed by atoms with Crippen molar-refractivity contribution >= 4 is 27.6 Å². The number of sulfonamides is 1. The number of nitrogens with one attached hydrogen (secondary N) is 2. The number of hydrogen-bond acceptors (Lipinski definition) is 7. The highest BCUT2D eigenvalue weighted by Crippen LogP contribution is 2.35. The number of amides is 2. The molecule has 2 aromatic rings. The van der Waals surface area contributed by atoms with Crippen molar-refractivity contribution in [3.05, 3.63) is 35.5 Å². The predicted octanol–water partition coefficient (Wildman–Crippen LogP) is 5.69. The van der Waals surface area contributed by atoms with Gasteiger partial charge in [-0.2, -0.15) is 17.5 Å². The van der Waals surface area contributed by atoms with Crippen LogP contribution in [0, 0.1) is 5.92 Å². The molecule has 2 unspecified atom stereocenters. The molecule has 0 bridgehead atoms. The number of urea groups is 1. The van der Waals surface area contributed by atoms with Gasteiger partial charge in [0.15, 0.2) is 5.82 Å². The van der Waals surface area contributed by atoms with Crippen LogP contribution in [0.5, 0.6) is 0 Å². The van der Waals surface area contributed by atoms with Crippen LogP contribution in [0.15, 0.2) is 24.3 Å². The van der Waals surface area contributed by atoms with Crippen molar-refractivity contribution in [2.45, 2.75) is 83.8 Å². The van der Waals surface area contributed by atoms with E-state index in [0.717, 1.165) is 25.7 Å². The van der Waals surface area contributed by atoms with Gasteiger partial charge in [-0.15, -0.1) is 0 Å². The molecule has 1 fully saturated rings. The fraction of sp³-hybridized carbons (Fsp3) is 0.633. The molecular weight excluding hydrogens is 597 g/mol. The van der Waals surface area contributed by atoms with Crippen molar-refractivity contribution in [2.24, 2.45) is 5.92 Å². The first-order valence-corrected chi connectivity index (χ1v) is 16.8. The first-order valence-electron chi connectivity index (χ1n) is 15.4. The second kappa shape index (κ2) is 14.9. The molecule has 0 spiro atoms. The van der Waals surface area contributed by atoms with Crippen molar-refractivity contribution in [1.29, 1.82) is 0 Å². The topological polar surface area (TPSA) is 117 Å². The highest BCUT2D eigenvalue weighted by atomic mass is 32.2. The Morgan fingerprint density at radius 3 is 2.55 bits per heavy atom. The van der Waals surface area contributed by atoms with Gasteiger partial charge in [-0.1, -0.05) is 46.5 Å². The van der Waals surface area contributed by atoms with Gasteiger partial charge in [0.05, 0.1) is 31.5 Å². The third-order valence-electron chi connectivity index (χ3n) is 8.20. The molecule has 0 radical (unpaired) electrons. The van der Waals surface area contributed by atoms with E-state index in [4.69, 9.17) is 9.72 Å². The number of nitrogens with zero attached hydrogens (tertiary/aromatic N) is 4. The monoisotopic (exact) mass is 640 g/mol. The summed E-state index contributed by atoms with van der Waals surface area (Å²) in [6.45, 7) is 7.72. The van der Waals surface area contributed by atoms with Crippen LogP contribution in [0.25, 0.3) is 11.4 Å². The summed E-state index contributed by atoms with van der Waals surface area (Å²) in [5.41, 5.74) is -3.36. The molecule has 14 heteroatoms. The Morgan fingerprint density at radius 2 is 1.86 bits per heavy atom. The minimum atomic E-state index is -5.51. The second-order valence-electron chi connectivity index (χ2n) is 11.5. The molecule has 1 aromatic carbocycles. The second-order valence-corrected chi connectivity index (χ2v) is 13.4. The summed E-state index contributed by atoms with van der Waals surface area (Å²) in [4.78, 5) is 23.9. The van der Waals surface area contributed by atoms with Crippen molar-refractivity contribution < 1.29 is 31.1 Å². The van der Waals surface area contributed by atoms with Gasteiger partial charge in [0.2, 0.25) is 0 Å². The number of anilines is 2. The lowest BCUT2D eigenvalue weighted by molar-refractivity contribution is -0.0493. The van der Waals surface area contributed by atoms with Gasteiger partial charge in [-0.25, -0.2) is 23.2 Å². The number of halogens is 3. The fourth-order valence-corrected chi connectivity index (χ4v) is 6.63. The number of ether oxygens (including phenoxy) is 1. The lowest BCUT2D eigenvalue weighted by Gasteiger charge is -2.38. The molecule has 2 aliphatic rings. The number of morpholine rings is 1. The molecule has 2 amide bonds. The van der Waals surface area contributed by atoms with Crippen molar-refractivity contribution in [3.8, 4) is 11.4 Å². The number of carbonyl (C=O) groups is 1. The third-order valence-corrected chi connectivity index (χ3v) is 9.78. The van der Waals surface area contributed by atoms with Gasteiger partial charge in [0.25, 0.3) is 0 Å². The molecule has 0 aliphatic carbocycles. The van der Waals surface area contributed by atoms with Crippen LogP contribution < -0.4 is 15.5 Å². The summed E-state index contributed by atoms with van der Waals surface area (Å²) in [6, 6.07) is 6.55. The van der Waals surface area contributed by atoms with Crippen LogP contribution >= 0.6 is 0 Å². The van der Waals surface area contributed by atoms with Crippen molar-refractivity contribution in [3.63, 3.8) is 0 Å². The first-order chi connectivity index (χ1) is 20.9. The Kier molecular flexibility index (Phi) is 11.5. The molecule has 4 rings (SSSR count). The van der Waals surface area contributed by atoms with Crippen LogP contribution in [-0.4, -0.2) is 73.1 Å². The van der Waals surface area contributed by atoms with Crippen LogP contribution in [0.3, 0.4) is 0 Å². The number of aromatic nitrogens is 2. The number of alkyl halides is 3. The number of hydrogen-bond donors (Lipinski definition) is 2. The zero-order chi connectivity index (χ0) is 31.9. The average molecular weight is 641 g/mol. The molecule has 3 heterocycles. The molecule has 2 atom stereocenters. The maximum absolute atomic E-state index is 13.4. The normalized spacial score (nSPS) is 18.5. The number of fused-ring (bicyclic) bond motifs is 1. The van der Waals surface area contributed by atoms with Gasteiger partial charge in [-0.3, -0.25) is 0 Å². The SMILES string of the molecule is CCCC(C)CCCCNC(=O)Nc1ccc(-c2nc3c(c(N4CCOCC4CC)n2)CCN(S(=O)(=O)C(F)(F)F)C3)cc1. The van der Waals surface area contributed by atoms with Gasteiger partial charge in [0, 0.05) is 36.4 Å². The molecule has 1 saturated heterocycles. The fourth-order valence-electron chi connectivity index (χ4n) is 5.71. The van der Waals surface area contributed by atoms with E-state index in [0.29, 0.717) is 59.2 Å². The van der Waals surface area contributed by atoms with Gasteiger partial charge in [-0.05, 0) is 49.4 Å². The maximum atomic E-state index is 13.4. The van der Waals surface area contributed by atoms with Crippen molar-refractivity contribution in [2.75, 3.05) is 43.1 Å². The number of carbonyl (C=O) groups excluding carboxylic acids is 1. The molecular formula is C30H43F3N6O4S. The lowest BCUT2D eigenvalue weighted by Crippen LogP contribution is -2.47. The molecule has 0 saturated carbocycles. The van der Waals surface area contributed by atoms with Gasteiger partial charge >= 0.3 is 21.6 Å². The Morgan fingerprint density at radius 1 is 1.11 bits per heavy atom. The van der Waals surface area contributed by atoms with Crippen LogP contribution in [0.1, 0.15) is 70.6 Å². The largest absolute Gasteiger partial charge is 0.511 e. The summed E-state index contributed by atoms with van der Waals surface area (Å²) >= 11 is 0. The van der Waals surface area contributed by atoms with Gasteiger partial charge < -0.3 is 20.3 Å². The zero-order valence-electron chi connectivity index (χ0n) is 25.6. The third kappa shape index (κ3) is 8.19. The molecule has 10 nitrogen and oxygen atoms in total. The van der Waals surface area contributed by atoms with E-state index in [1.807, 2.05) is 6.92 Å². The van der Waals surface area contributed by atoms with E-state index >= 15 is 0 Å². The molecule has 1 aromatic heterocycles. The maximum Gasteiger partial charge on any atom is 0.511 e. The van der Waals surface area contributed by atoms with E-state index in [1.54, 1.807) is 24.3 Å². The Hall–Kier alpha value is -2.97. The van der Waals surface area contributed by atoms with E-state index in [2.05, 4.69) is 34.4 Å². The first kappa shape index (κ1) is 33.9. The van der Waals surface area contributed by atoms with E-state index in [1.165, 1.54) is 12.8 Å². The molecule has 244 valence electrons. The standard InChI is InChI=1S/C30H43F3N6O4S/c1-4-8-21(3)9-6-7-15-34-29(40)35-23-12-10-22(11-13-23)27-36-26-19-38(44(41,42)30(31,32)33)16-14-25(26)28(37-27)39-17-18-43-20-24(39)5-2/h10-13,21,24H,4-9,14-20H2,1-3H3,(H2,34,35,40). The Bertz CT molecular complexity index is 1370. The quantitative estimate of drug-likeness (QED) is 0.286. The Labute approximate surface area is 257 Å². The summed E-state index contributed by atoms with van der Waals surface area (Å²) in [6.07, 6.45) is 6.33. The van der Waals surface area contributed by atoms with Gasteiger partial charge in [0.1, 0.15) is 5.82 Å². The molecule has 44 heavy (non-hydrogen) atoms. The number of benzene rings is 1. The van der Waals surface area contributed by atoms with E-state index in [9.17, 15) is 26.4 Å². The minimum Gasteiger partial charge on any atom is -0.377 e. The summed E-state index contributed by atoms with van der Waals surface area (Å²) in [5.74, 6) is 1.55. The van der Waals surface area contributed by atoms with Crippen LogP contribution in [-0.2, 0) is 27.7 Å². The lowest BCUT2D eigenvalue weighted by atomic mass is 9.99. The predicted molar refractivity (Wildman–Crippen MR) is 164 cm³/mol. The smallest absolute Gasteiger partial charge is 0.377 e. The highest BCUT2D eigenvalue weighted by Gasteiger charge is 2.51. The summed E-state index contributed by atoms with van der Waals surface area (Å²) in [7, 11) is -5.51. The Balaban J connectivity index is 1.51. The van der Waals surface area contributed by atoms with Crippen LogP contribution in [0.2, 0.25) is 0 Å². The minimum absolute atomic E-state index is 0.0115. The average Bonchev–Trinajstić information content (AvgIpc) is 3.00. The van der Waals surface area contributed by atoms with E-state index < -0.39 is 22.1 Å². The molecule has 2 N–H and O–H groups in total. The summed E-state index contributed by atoms with van der Waals surface area (Å²) < 4.78 is 70.6. The number of unbranched alkanes of at least 4 members (excludes halogenated alkanes) is 1. The summed E-state index contributed by atoms with van der Waals surface area (Å²) in [5, 5.41) is 5.68. The van der Waals surface area contributed by atoms with Crippen LogP contribution in [0.4, 0.5) is 29.5 Å². The van der Waals surface area contributed by atoms with E-state index in [-0.39, 0.29) is 36.6 Å². The molecule has 2 aliphatic heterocycles.